The SMILES string of the molecule is CC(=O)Nc1ccc(-c2cccc(-c3cc(N4CCN(S(C)(=O)=O)CC4)no3)c2O)cc1. The van der Waals surface area contributed by atoms with Gasteiger partial charge in [-0.05, 0) is 23.8 Å². The molecule has 2 heterocycles. The molecule has 3 aromatic rings. The number of benzene rings is 2. The first-order chi connectivity index (χ1) is 15.2. The van der Waals surface area contributed by atoms with Crippen LogP contribution in [0.4, 0.5) is 11.5 Å². The Kier molecular flexibility index (Phi) is 5.90. The summed E-state index contributed by atoms with van der Waals surface area (Å²) in [4.78, 5) is 13.2. The molecule has 1 aromatic heterocycles. The Balaban J connectivity index is 1.54. The fourth-order valence-electron chi connectivity index (χ4n) is 3.70. The van der Waals surface area contributed by atoms with Gasteiger partial charge in [-0.1, -0.05) is 29.4 Å². The number of aromatic nitrogens is 1. The molecule has 168 valence electrons. The summed E-state index contributed by atoms with van der Waals surface area (Å²) >= 11 is 0. The summed E-state index contributed by atoms with van der Waals surface area (Å²) in [6.45, 7) is 3.23. The summed E-state index contributed by atoms with van der Waals surface area (Å²) in [6.07, 6.45) is 1.21. The van der Waals surface area contributed by atoms with Crippen LogP contribution < -0.4 is 10.2 Å². The number of amides is 1. The number of hydrogen-bond acceptors (Lipinski definition) is 7. The molecule has 1 aliphatic rings. The molecule has 9 nitrogen and oxygen atoms in total. The van der Waals surface area contributed by atoms with Crippen molar-refractivity contribution in [1.29, 1.82) is 0 Å². The van der Waals surface area contributed by atoms with E-state index in [-0.39, 0.29) is 11.7 Å². The maximum absolute atomic E-state index is 11.7. The molecule has 0 unspecified atom stereocenters. The summed E-state index contributed by atoms with van der Waals surface area (Å²) < 4.78 is 30.3. The van der Waals surface area contributed by atoms with Gasteiger partial charge >= 0.3 is 0 Å². The Morgan fingerprint density at radius 3 is 2.34 bits per heavy atom. The quantitative estimate of drug-likeness (QED) is 0.606. The number of nitrogens with one attached hydrogen (secondary N) is 1. The van der Waals surface area contributed by atoms with Crippen molar-refractivity contribution in [3.63, 3.8) is 0 Å². The molecule has 0 spiro atoms. The zero-order chi connectivity index (χ0) is 22.9. The van der Waals surface area contributed by atoms with Crippen molar-refractivity contribution >= 4 is 27.4 Å². The minimum atomic E-state index is -3.21. The number of nitrogens with zero attached hydrogens (tertiary/aromatic N) is 3. The largest absolute Gasteiger partial charge is 0.507 e. The number of rotatable bonds is 5. The standard InChI is InChI=1S/C22H24N4O5S/c1-15(27)23-17-8-6-16(7-9-17)18-4-3-5-19(22(18)28)20-14-21(24-31-20)25-10-12-26(13-11-25)32(2,29)30/h3-9,14,28H,10-13H2,1-2H3,(H,23,27). The monoisotopic (exact) mass is 456 g/mol. The summed E-state index contributed by atoms with van der Waals surface area (Å²) in [6, 6.07) is 14.3. The molecule has 1 amide bonds. The van der Waals surface area contributed by atoms with Crippen molar-refractivity contribution < 1.29 is 22.8 Å². The van der Waals surface area contributed by atoms with Gasteiger partial charge in [-0.25, -0.2) is 8.42 Å². The third-order valence-electron chi connectivity index (χ3n) is 5.35. The molecule has 2 aromatic carbocycles. The smallest absolute Gasteiger partial charge is 0.221 e. The number of carbonyl (C=O) groups is 1. The minimum absolute atomic E-state index is 0.0596. The van der Waals surface area contributed by atoms with Gasteiger partial charge in [-0.2, -0.15) is 4.31 Å². The molecule has 4 rings (SSSR count). The van der Waals surface area contributed by atoms with E-state index in [9.17, 15) is 18.3 Å². The van der Waals surface area contributed by atoms with Crippen LogP contribution in [0.5, 0.6) is 5.75 Å². The number of carbonyl (C=O) groups excluding carboxylic acids is 1. The molecular formula is C22H24N4O5S. The van der Waals surface area contributed by atoms with Gasteiger partial charge in [0.2, 0.25) is 15.9 Å². The molecule has 1 aliphatic heterocycles. The van der Waals surface area contributed by atoms with Crippen LogP contribution >= 0.6 is 0 Å². The van der Waals surface area contributed by atoms with Crippen LogP contribution in [0.25, 0.3) is 22.5 Å². The van der Waals surface area contributed by atoms with Crippen LogP contribution in [0.3, 0.4) is 0 Å². The molecule has 32 heavy (non-hydrogen) atoms. The van der Waals surface area contributed by atoms with Crippen LogP contribution in [0, 0.1) is 0 Å². The molecule has 0 radical (unpaired) electrons. The van der Waals surface area contributed by atoms with Gasteiger partial charge in [-0.15, -0.1) is 0 Å². The molecule has 0 saturated carbocycles. The van der Waals surface area contributed by atoms with Crippen molar-refractivity contribution in [2.24, 2.45) is 0 Å². The zero-order valence-electron chi connectivity index (χ0n) is 17.8. The average molecular weight is 457 g/mol. The number of phenolic OH excluding ortho intramolecular Hbond substituents is 1. The predicted molar refractivity (Wildman–Crippen MR) is 122 cm³/mol. The van der Waals surface area contributed by atoms with Gasteiger partial charge in [0.15, 0.2) is 11.6 Å². The van der Waals surface area contributed by atoms with Crippen molar-refractivity contribution in [1.82, 2.24) is 9.46 Å². The van der Waals surface area contributed by atoms with Crippen LogP contribution in [0.1, 0.15) is 6.92 Å². The van der Waals surface area contributed by atoms with E-state index in [0.717, 1.165) is 5.56 Å². The van der Waals surface area contributed by atoms with E-state index >= 15 is 0 Å². The summed E-state index contributed by atoms with van der Waals surface area (Å²) in [5.41, 5.74) is 2.58. The maximum atomic E-state index is 11.7. The molecule has 0 bridgehead atoms. The fourth-order valence-corrected chi connectivity index (χ4v) is 4.53. The molecule has 2 N–H and O–H groups in total. The van der Waals surface area contributed by atoms with E-state index < -0.39 is 10.0 Å². The number of piperazine rings is 1. The first-order valence-corrected chi connectivity index (χ1v) is 11.9. The number of sulfonamides is 1. The number of anilines is 2. The highest BCUT2D eigenvalue weighted by molar-refractivity contribution is 7.88. The number of phenols is 1. The van der Waals surface area contributed by atoms with E-state index in [1.807, 2.05) is 23.1 Å². The average Bonchev–Trinajstić information content (AvgIpc) is 3.24. The van der Waals surface area contributed by atoms with Gasteiger partial charge in [0.05, 0.1) is 11.8 Å². The van der Waals surface area contributed by atoms with E-state index in [4.69, 9.17) is 4.52 Å². The first kappa shape index (κ1) is 21.8. The van der Waals surface area contributed by atoms with Gasteiger partial charge in [0.1, 0.15) is 5.75 Å². The van der Waals surface area contributed by atoms with E-state index in [1.54, 1.807) is 30.3 Å². The second kappa shape index (κ2) is 8.64. The van der Waals surface area contributed by atoms with E-state index in [0.29, 0.717) is 54.6 Å². The predicted octanol–water partition coefficient (Wildman–Crippen LogP) is 2.75. The highest BCUT2D eigenvalue weighted by Crippen LogP contribution is 2.39. The summed E-state index contributed by atoms with van der Waals surface area (Å²) in [5.74, 6) is 0.920. The van der Waals surface area contributed by atoms with Gasteiger partial charge in [0, 0.05) is 50.4 Å². The van der Waals surface area contributed by atoms with Gasteiger partial charge in [0.25, 0.3) is 0 Å². The lowest BCUT2D eigenvalue weighted by Crippen LogP contribution is -2.48. The topological polar surface area (TPSA) is 116 Å². The lowest BCUT2D eigenvalue weighted by atomic mass is 10.00. The van der Waals surface area contributed by atoms with Crippen LogP contribution in [-0.2, 0) is 14.8 Å². The summed E-state index contributed by atoms with van der Waals surface area (Å²) in [7, 11) is -3.21. The third-order valence-corrected chi connectivity index (χ3v) is 6.65. The number of hydrogen-bond donors (Lipinski definition) is 2. The Bertz CT molecular complexity index is 1230. The lowest BCUT2D eigenvalue weighted by Gasteiger charge is -2.32. The zero-order valence-corrected chi connectivity index (χ0v) is 18.6. The second-order valence-corrected chi connectivity index (χ2v) is 9.64. The van der Waals surface area contributed by atoms with Crippen LogP contribution in [0.2, 0.25) is 0 Å². The highest BCUT2D eigenvalue weighted by Gasteiger charge is 2.25. The minimum Gasteiger partial charge on any atom is -0.507 e. The molecular weight excluding hydrogens is 432 g/mol. The number of aromatic hydroxyl groups is 1. The third kappa shape index (κ3) is 4.61. The Morgan fingerprint density at radius 1 is 1.06 bits per heavy atom. The van der Waals surface area contributed by atoms with Crippen molar-refractivity contribution in [2.45, 2.75) is 6.92 Å². The van der Waals surface area contributed by atoms with Crippen LogP contribution in [0.15, 0.2) is 53.1 Å². The highest BCUT2D eigenvalue weighted by atomic mass is 32.2. The first-order valence-electron chi connectivity index (χ1n) is 10.1. The van der Waals surface area contributed by atoms with Crippen molar-refractivity contribution in [3.05, 3.63) is 48.5 Å². The van der Waals surface area contributed by atoms with Crippen LogP contribution in [-0.4, -0.2) is 61.3 Å². The van der Waals surface area contributed by atoms with Gasteiger partial charge in [-0.3, -0.25) is 4.79 Å². The van der Waals surface area contributed by atoms with Crippen molar-refractivity contribution in [2.75, 3.05) is 42.7 Å². The molecule has 0 aliphatic carbocycles. The lowest BCUT2D eigenvalue weighted by molar-refractivity contribution is -0.114. The Morgan fingerprint density at radius 2 is 1.72 bits per heavy atom. The Hall–Kier alpha value is -3.37. The second-order valence-electron chi connectivity index (χ2n) is 7.66. The molecule has 1 fully saturated rings. The fraction of sp³-hybridized carbons (Fsp3) is 0.273. The number of para-hydroxylation sites is 1. The van der Waals surface area contributed by atoms with Crippen molar-refractivity contribution in [3.8, 4) is 28.2 Å². The van der Waals surface area contributed by atoms with E-state index in [2.05, 4.69) is 10.5 Å². The normalized spacial score (nSPS) is 15.0. The Labute approximate surface area is 186 Å². The molecule has 10 heteroatoms. The molecule has 1 saturated heterocycles. The van der Waals surface area contributed by atoms with E-state index in [1.165, 1.54) is 17.5 Å². The maximum Gasteiger partial charge on any atom is 0.221 e. The van der Waals surface area contributed by atoms with Gasteiger partial charge < -0.3 is 19.8 Å². The summed E-state index contributed by atoms with van der Waals surface area (Å²) in [5, 5.41) is 17.7. The molecule has 0 atom stereocenters.